The molecule has 1 aliphatic heterocycles. The van der Waals surface area contributed by atoms with Gasteiger partial charge in [-0.2, -0.15) is 0 Å². The van der Waals surface area contributed by atoms with Gasteiger partial charge < -0.3 is 5.32 Å². The van der Waals surface area contributed by atoms with Gasteiger partial charge in [-0.25, -0.2) is 0 Å². The predicted octanol–water partition coefficient (Wildman–Crippen LogP) is 3.59. The van der Waals surface area contributed by atoms with Crippen LogP contribution in [0.5, 0.6) is 0 Å². The lowest BCUT2D eigenvalue weighted by molar-refractivity contribution is 1.03. The summed E-state index contributed by atoms with van der Waals surface area (Å²) in [5.41, 5.74) is 4.80. The van der Waals surface area contributed by atoms with Crippen molar-refractivity contribution in [3.63, 3.8) is 0 Å². The van der Waals surface area contributed by atoms with E-state index in [1.165, 1.54) is 16.1 Å². The fourth-order valence-electron chi connectivity index (χ4n) is 1.21. The third-order valence-corrected chi connectivity index (χ3v) is 3.23. The van der Waals surface area contributed by atoms with Crippen molar-refractivity contribution < 1.29 is 0 Å². The average molecular weight is 207 g/mol. The molecule has 0 spiro atoms. The number of rotatable bonds is 4. The number of hydrogen-bond acceptors (Lipinski definition) is 2. The first-order chi connectivity index (χ1) is 6.57. The first-order valence-corrected chi connectivity index (χ1v) is 5.63. The summed E-state index contributed by atoms with van der Waals surface area (Å²) in [6.45, 7) is 13.9. The first-order valence-electron chi connectivity index (χ1n) is 4.65. The van der Waals surface area contributed by atoms with Crippen LogP contribution < -0.4 is 5.32 Å². The minimum absolute atomic E-state index is 1.10. The molecule has 0 saturated carbocycles. The van der Waals surface area contributed by atoms with Gasteiger partial charge in [-0.15, -0.1) is 11.8 Å². The van der Waals surface area contributed by atoms with E-state index in [0.717, 1.165) is 17.0 Å². The Morgan fingerprint density at radius 1 is 1.43 bits per heavy atom. The molecule has 76 valence electrons. The second-order valence-corrected chi connectivity index (χ2v) is 4.54. The highest BCUT2D eigenvalue weighted by molar-refractivity contribution is 8.11. The molecule has 0 aromatic rings. The largest absolute Gasteiger partial charge is 0.362 e. The fraction of sp³-hybridized carbons (Fsp3) is 0.333. The number of allylic oxidation sites excluding steroid dienone is 3. The third-order valence-electron chi connectivity index (χ3n) is 2.34. The van der Waals surface area contributed by atoms with Gasteiger partial charge in [0.1, 0.15) is 0 Å². The number of nitrogens with one attached hydrogen (secondary N) is 1. The van der Waals surface area contributed by atoms with Crippen LogP contribution >= 0.6 is 11.8 Å². The lowest BCUT2D eigenvalue weighted by Gasteiger charge is -2.12. The van der Waals surface area contributed by atoms with Crippen LogP contribution in [-0.4, -0.2) is 5.75 Å². The molecule has 1 N–H and O–H groups in total. The molecular weight excluding hydrogens is 190 g/mol. The molecule has 0 aliphatic carbocycles. The Labute approximate surface area is 90.7 Å². The summed E-state index contributed by atoms with van der Waals surface area (Å²) in [6.07, 6.45) is 1.72. The summed E-state index contributed by atoms with van der Waals surface area (Å²) < 4.78 is 0. The van der Waals surface area contributed by atoms with Crippen LogP contribution in [0, 0.1) is 0 Å². The van der Waals surface area contributed by atoms with Gasteiger partial charge in [-0.3, -0.25) is 0 Å². The van der Waals surface area contributed by atoms with Crippen LogP contribution in [0.4, 0.5) is 0 Å². The van der Waals surface area contributed by atoms with E-state index >= 15 is 0 Å². The quantitative estimate of drug-likeness (QED) is 0.558. The molecule has 1 fully saturated rings. The highest BCUT2D eigenvalue weighted by atomic mass is 32.2. The molecule has 1 rings (SSSR count). The van der Waals surface area contributed by atoms with E-state index in [1.807, 2.05) is 18.7 Å². The Morgan fingerprint density at radius 2 is 2.00 bits per heavy atom. The van der Waals surface area contributed by atoms with Crippen LogP contribution in [0.2, 0.25) is 0 Å². The Kier molecular flexibility index (Phi) is 3.64. The SMILES string of the molecule is C=CNC(/C(C)=C1/CS1)=C(\C)C(=C)C. The molecule has 2 heteroatoms. The van der Waals surface area contributed by atoms with Gasteiger partial charge in [0.15, 0.2) is 0 Å². The van der Waals surface area contributed by atoms with Crippen molar-refractivity contribution >= 4 is 11.8 Å². The molecule has 1 aliphatic rings. The van der Waals surface area contributed by atoms with E-state index < -0.39 is 0 Å². The van der Waals surface area contributed by atoms with Crippen LogP contribution in [0.25, 0.3) is 0 Å². The predicted molar refractivity (Wildman–Crippen MR) is 66.0 cm³/mol. The summed E-state index contributed by atoms with van der Waals surface area (Å²) in [4.78, 5) is 1.47. The molecule has 0 aromatic carbocycles. The van der Waals surface area contributed by atoms with Crippen LogP contribution in [-0.2, 0) is 0 Å². The van der Waals surface area contributed by atoms with Gasteiger partial charge in [-0.05, 0) is 38.1 Å². The molecule has 0 aromatic heterocycles. The normalized spacial score (nSPS) is 19.6. The Bertz CT molecular complexity index is 328. The minimum Gasteiger partial charge on any atom is -0.362 e. The summed E-state index contributed by atoms with van der Waals surface area (Å²) in [5.74, 6) is 1.16. The first kappa shape index (κ1) is 11.2. The average Bonchev–Trinajstić information content (AvgIpc) is 2.95. The minimum atomic E-state index is 1.10. The van der Waals surface area contributed by atoms with Crippen molar-refractivity contribution in [1.82, 2.24) is 5.32 Å². The van der Waals surface area contributed by atoms with Crippen LogP contribution in [0.1, 0.15) is 20.8 Å². The van der Waals surface area contributed by atoms with Crippen molar-refractivity contribution in [1.29, 1.82) is 0 Å². The van der Waals surface area contributed by atoms with Gasteiger partial charge in [-0.1, -0.05) is 18.7 Å². The van der Waals surface area contributed by atoms with Gasteiger partial charge in [0.2, 0.25) is 0 Å². The van der Waals surface area contributed by atoms with E-state index in [4.69, 9.17) is 0 Å². The van der Waals surface area contributed by atoms with Gasteiger partial charge in [0, 0.05) is 16.4 Å². The Balaban J connectivity index is 3.05. The second-order valence-electron chi connectivity index (χ2n) is 3.47. The molecule has 0 bridgehead atoms. The van der Waals surface area contributed by atoms with Crippen LogP contribution in [0.3, 0.4) is 0 Å². The zero-order valence-electron chi connectivity index (χ0n) is 9.11. The van der Waals surface area contributed by atoms with Crippen molar-refractivity contribution in [2.45, 2.75) is 20.8 Å². The molecular formula is C12H17NS. The van der Waals surface area contributed by atoms with Crippen LogP contribution in [0.15, 0.2) is 46.7 Å². The lowest BCUT2D eigenvalue weighted by Crippen LogP contribution is -2.09. The molecule has 1 nitrogen and oxygen atoms in total. The molecule has 0 radical (unpaired) electrons. The highest BCUT2D eigenvalue weighted by Gasteiger charge is 2.19. The summed E-state index contributed by atoms with van der Waals surface area (Å²) >= 11 is 1.90. The zero-order chi connectivity index (χ0) is 10.7. The summed E-state index contributed by atoms with van der Waals surface area (Å²) in [5, 5.41) is 3.20. The van der Waals surface area contributed by atoms with Crippen molar-refractivity contribution in [2.24, 2.45) is 0 Å². The molecule has 0 atom stereocenters. The smallest absolute Gasteiger partial charge is 0.0449 e. The molecule has 1 saturated heterocycles. The van der Waals surface area contributed by atoms with E-state index in [2.05, 4.69) is 32.3 Å². The number of thioether (sulfide) groups is 1. The molecule has 14 heavy (non-hydrogen) atoms. The third kappa shape index (κ3) is 2.55. The van der Waals surface area contributed by atoms with Crippen molar-refractivity contribution in [3.05, 3.63) is 46.7 Å². The fourth-order valence-corrected chi connectivity index (χ4v) is 1.81. The highest BCUT2D eigenvalue weighted by Crippen LogP contribution is 2.40. The monoisotopic (exact) mass is 207 g/mol. The van der Waals surface area contributed by atoms with E-state index in [-0.39, 0.29) is 0 Å². The standard InChI is InChI=1S/C12H17NS/c1-6-13-12(9(4)8(2)3)10(5)11-7-14-11/h6,13H,1-2,7H2,3-5H3/b11-10-,12-9+. The summed E-state index contributed by atoms with van der Waals surface area (Å²) in [7, 11) is 0. The van der Waals surface area contributed by atoms with E-state index in [0.29, 0.717) is 0 Å². The van der Waals surface area contributed by atoms with E-state index in [1.54, 1.807) is 6.20 Å². The molecule has 0 unspecified atom stereocenters. The van der Waals surface area contributed by atoms with E-state index in [9.17, 15) is 0 Å². The van der Waals surface area contributed by atoms with Gasteiger partial charge in [0.05, 0.1) is 0 Å². The Hall–Kier alpha value is -0.890. The molecule has 0 amide bonds. The van der Waals surface area contributed by atoms with Crippen molar-refractivity contribution in [2.75, 3.05) is 5.75 Å². The Morgan fingerprint density at radius 3 is 2.36 bits per heavy atom. The molecule has 1 heterocycles. The van der Waals surface area contributed by atoms with Crippen molar-refractivity contribution in [3.8, 4) is 0 Å². The summed E-state index contributed by atoms with van der Waals surface area (Å²) in [6, 6.07) is 0. The number of hydrogen-bond donors (Lipinski definition) is 1. The topological polar surface area (TPSA) is 12.0 Å². The lowest BCUT2D eigenvalue weighted by atomic mass is 10.0. The zero-order valence-corrected chi connectivity index (χ0v) is 9.92. The second kappa shape index (κ2) is 4.56. The maximum Gasteiger partial charge on any atom is 0.0449 e. The maximum atomic E-state index is 3.96. The maximum absolute atomic E-state index is 3.96. The van der Waals surface area contributed by atoms with Gasteiger partial charge >= 0.3 is 0 Å². The van der Waals surface area contributed by atoms with Gasteiger partial charge in [0.25, 0.3) is 0 Å².